The molecule has 25 heavy (non-hydrogen) atoms. The van der Waals surface area contributed by atoms with Crippen LogP contribution in [0.5, 0.6) is 0 Å². The highest BCUT2D eigenvalue weighted by molar-refractivity contribution is 7.89. The van der Waals surface area contributed by atoms with Gasteiger partial charge in [-0.15, -0.1) is 11.3 Å². The Morgan fingerprint density at radius 1 is 1.08 bits per heavy atom. The highest BCUT2D eigenvalue weighted by Crippen LogP contribution is 2.28. The molecule has 0 spiro atoms. The van der Waals surface area contributed by atoms with Gasteiger partial charge in [-0.1, -0.05) is 12.1 Å². The first kappa shape index (κ1) is 16.8. The summed E-state index contributed by atoms with van der Waals surface area (Å²) < 4.78 is 26.7. The molecule has 1 fully saturated rings. The first-order chi connectivity index (χ1) is 12.1. The lowest BCUT2D eigenvalue weighted by Gasteiger charge is -2.27. The van der Waals surface area contributed by atoms with Crippen LogP contribution in [0.25, 0.3) is 5.57 Å². The van der Waals surface area contributed by atoms with Gasteiger partial charge in [-0.05, 0) is 48.4 Å². The van der Waals surface area contributed by atoms with Crippen LogP contribution in [0.15, 0.2) is 46.8 Å². The Bertz CT molecular complexity index is 852. The number of aromatic nitrogens is 1. The zero-order valence-electron chi connectivity index (χ0n) is 14.0. The number of rotatable bonds is 4. The molecule has 2 aliphatic rings. The Kier molecular flexibility index (Phi) is 4.62. The molecule has 2 aromatic heterocycles. The molecule has 0 unspecified atom stereocenters. The number of pyridine rings is 1. The summed E-state index contributed by atoms with van der Waals surface area (Å²) in [7, 11) is -3.38. The van der Waals surface area contributed by atoms with Crippen molar-refractivity contribution in [3.05, 3.63) is 46.8 Å². The van der Waals surface area contributed by atoms with E-state index in [-0.39, 0.29) is 0 Å². The van der Waals surface area contributed by atoms with Gasteiger partial charge < -0.3 is 4.90 Å². The van der Waals surface area contributed by atoms with E-state index in [1.807, 2.05) is 6.07 Å². The third-order valence-electron chi connectivity index (χ3n) is 4.79. The van der Waals surface area contributed by atoms with Crippen molar-refractivity contribution in [1.82, 2.24) is 9.29 Å². The molecular weight excluding hydrogens is 354 g/mol. The average Bonchev–Trinajstić information content (AvgIpc) is 3.36. The maximum Gasteiger partial charge on any atom is 0.244 e. The smallest absolute Gasteiger partial charge is 0.244 e. The topological polar surface area (TPSA) is 53.5 Å². The van der Waals surface area contributed by atoms with E-state index < -0.39 is 10.0 Å². The molecule has 0 aliphatic carbocycles. The third kappa shape index (κ3) is 3.36. The van der Waals surface area contributed by atoms with Crippen molar-refractivity contribution in [3.63, 3.8) is 0 Å². The molecule has 0 bridgehead atoms. The summed E-state index contributed by atoms with van der Waals surface area (Å²) in [4.78, 5) is 8.23. The van der Waals surface area contributed by atoms with E-state index in [9.17, 15) is 8.42 Å². The molecule has 0 atom stereocenters. The largest absolute Gasteiger partial charge is 0.353 e. The summed E-state index contributed by atoms with van der Waals surface area (Å²) in [5.74, 6) is 0.835. The minimum absolute atomic E-state index is 0.296. The molecule has 7 heteroatoms. The normalized spacial score (nSPS) is 19.2. The Balaban J connectivity index is 1.48. The molecule has 0 radical (unpaired) electrons. The predicted octanol–water partition coefficient (Wildman–Crippen LogP) is 3.22. The fourth-order valence-electron chi connectivity index (χ4n) is 3.35. The summed E-state index contributed by atoms with van der Waals surface area (Å²) in [5, 5.41) is 2.10. The number of sulfonamides is 1. The van der Waals surface area contributed by atoms with E-state index in [2.05, 4.69) is 33.5 Å². The third-order valence-corrected chi connectivity index (χ3v) is 7.62. The van der Waals surface area contributed by atoms with Crippen LogP contribution >= 0.6 is 11.3 Å². The summed E-state index contributed by atoms with van der Waals surface area (Å²) in [6, 6.07) is 7.75. The summed E-state index contributed by atoms with van der Waals surface area (Å²) in [6.07, 6.45) is 6.61. The van der Waals surface area contributed by atoms with Crippen molar-refractivity contribution in [3.8, 4) is 0 Å². The molecule has 4 rings (SSSR count). The fraction of sp³-hybridized carbons (Fsp3) is 0.389. The van der Waals surface area contributed by atoms with E-state index in [0.717, 1.165) is 38.2 Å². The monoisotopic (exact) mass is 375 g/mol. The summed E-state index contributed by atoms with van der Waals surface area (Å²) in [5.41, 5.74) is 1.39. The molecule has 0 amide bonds. The maximum absolute atomic E-state index is 12.6. The molecule has 2 aliphatic heterocycles. The van der Waals surface area contributed by atoms with Crippen LogP contribution in [0.1, 0.15) is 24.1 Å². The number of thiophene rings is 1. The van der Waals surface area contributed by atoms with Crippen molar-refractivity contribution in [1.29, 1.82) is 0 Å². The lowest BCUT2D eigenvalue weighted by molar-refractivity contribution is 0.477. The van der Waals surface area contributed by atoms with Crippen molar-refractivity contribution in [2.75, 3.05) is 31.1 Å². The highest BCUT2D eigenvalue weighted by Gasteiger charge is 2.27. The van der Waals surface area contributed by atoms with Gasteiger partial charge in [-0.2, -0.15) is 4.31 Å². The number of hydrogen-bond acceptors (Lipinski definition) is 5. The van der Waals surface area contributed by atoms with Gasteiger partial charge in [0.05, 0.1) is 0 Å². The zero-order valence-corrected chi connectivity index (χ0v) is 15.6. The summed E-state index contributed by atoms with van der Waals surface area (Å²) in [6.45, 7) is 2.94. The van der Waals surface area contributed by atoms with E-state index in [4.69, 9.17) is 0 Å². The minimum atomic E-state index is -3.38. The first-order valence-electron chi connectivity index (χ1n) is 8.59. The first-order valence-corrected chi connectivity index (χ1v) is 10.9. The second-order valence-corrected chi connectivity index (χ2v) is 9.25. The van der Waals surface area contributed by atoms with Crippen molar-refractivity contribution in [2.24, 2.45) is 0 Å². The molecule has 0 N–H and O–H groups in total. The van der Waals surface area contributed by atoms with Crippen LogP contribution in [0, 0.1) is 0 Å². The SMILES string of the molecule is O=S(=O)(c1ccc(N2CC=C(c3cccs3)CC2)nc1)N1CCCC1. The molecular formula is C18H21N3O2S2. The minimum Gasteiger partial charge on any atom is -0.353 e. The Morgan fingerprint density at radius 2 is 1.92 bits per heavy atom. The molecule has 2 aromatic rings. The second-order valence-electron chi connectivity index (χ2n) is 6.37. The molecule has 0 saturated carbocycles. The molecule has 1 saturated heterocycles. The van der Waals surface area contributed by atoms with Crippen molar-refractivity contribution in [2.45, 2.75) is 24.2 Å². The van der Waals surface area contributed by atoms with Gasteiger partial charge in [0, 0.05) is 37.3 Å². The molecule has 4 heterocycles. The van der Waals surface area contributed by atoms with Crippen LogP contribution in [0.2, 0.25) is 0 Å². The molecule has 0 aromatic carbocycles. The van der Waals surface area contributed by atoms with Crippen molar-refractivity contribution < 1.29 is 8.42 Å². The fourth-order valence-corrected chi connectivity index (χ4v) is 5.61. The Labute approximate surface area is 152 Å². The highest BCUT2D eigenvalue weighted by atomic mass is 32.2. The van der Waals surface area contributed by atoms with Gasteiger partial charge >= 0.3 is 0 Å². The van der Waals surface area contributed by atoms with Gasteiger partial charge in [0.25, 0.3) is 0 Å². The van der Waals surface area contributed by atoms with Gasteiger partial charge in [0.15, 0.2) is 0 Å². The van der Waals surface area contributed by atoms with Gasteiger partial charge in [0.1, 0.15) is 10.7 Å². The number of anilines is 1. The van der Waals surface area contributed by atoms with Crippen molar-refractivity contribution >= 4 is 32.8 Å². The van der Waals surface area contributed by atoms with E-state index in [0.29, 0.717) is 18.0 Å². The average molecular weight is 376 g/mol. The Morgan fingerprint density at radius 3 is 2.52 bits per heavy atom. The predicted molar refractivity (Wildman–Crippen MR) is 101 cm³/mol. The van der Waals surface area contributed by atoms with E-state index >= 15 is 0 Å². The van der Waals surface area contributed by atoms with E-state index in [1.54, 1.807) is 21.7 Å². The number of hydrogen-bond donors (Lipinski definition) is 0. The van der Waals surface area contributed by atoms with Gasteiger partial charge in [0.2, 0.25) is 10.0 Å². The van der Waals surface area contributed by atoms with Crippen LogP contribution in [-0.2, 0) is 10.0 Å². The van der Waals surface area contributed by atoms with Crippen LogP contribution < -0.4 is 4.90 Å². The second kappa shape index (κ2) is 6.90. The van der Waals surface area contributed by atoms with Crippen LogP contribution in [-0.4, -0.2) is 43.9 Å². The molecule has 5 nitrogen and oxygen atoms in total. The lowest BCUT2D eigenvalue weighted by Crippen LogP contribution is -2.30. The van der Waals surface area contributed by atoms with E-state index in [1.165, 1.54) is 16.6 Å². The zero-order chi connectivity index (χ0) is 17.3. The molecule has 132 valence electrons. The quantitative estimate of drug-likeness (QED) is 0.823. The number of nitrogens with zero attached hydrogens (tertiary/aromatic N) is 3. The van der Waals surface area contributed by atoms with Gasteiger partial charge in [-0.25, -0.2) is 13.4 Å². The summed E-state index contributed by atoms with van der Waals surface area (Å²) >= 11 is 1.77. The maximum atomic E-state index is 12.6. The Hall–Kier alpha value is -1.70. The van der Waals surface area contributed by atoms with Crippen LogP contribution in [0.4, 0.5) is 5.82 Å². The van der Waals surface area contributed by atoms with Gasteiger partial charge in [-0.3, -0.25) is 0 Å². The lowest BCUT2D eigenvalue weighted by atomic mass is 10.1. The standard InChI is InChI=1S/C18H21N3O2S2/c22-25(23,21-9-1-2-10-21)16-5-6-18(19-14-16)20-11-7-15(8-12-20)17-4-3-13-24-17/h3-7,13-14H,1-2,8-12H2. The van der Waals surface area contributed by atoms with Crippen LogP contribution in [0.3, 0.4) is 0 Å².